The minimum atomic E-state index is -0.211. The third kappa shape index (κ3) is 5.15. The van der Waals surface area contributed by atoms with Crippen LogP contribution in [0.4, 0.5) is 5.82 Å². The van der Waals surface area contributed by atoms with E-state index in [4.69, 9.17) is 6.42 Å². The Bertz CT molecular complexity index is 694. The highest BCUT2D eigenvalue weighted by atomic mass is 16.1. The molecule has 0 radical (unpaired) electrons. The molecule has 1 amide bonds. The summed E-state index contributed by atoms with van der Waals surface area (Å²) in [7, 11) is 0. The van der Waals surface area contributed by atoms with Crippen molar-refractivity contribution in [3.8, 4) is 12.3 Å². The van der Waals surface area contributed by atoms with Gasteiger partial charge in [0.15, 0.2) is 0 Å². The third-order valence-corrected chi connectivity index (χ3v) is 3.38. The Hall–Kier alpha value is -2.80. The van der Waals surface area contributed by atoms with E-state index in [-0.39, 0.29) is 12.5 Å². The van der Waals surface area contributed by atoms with Gasteiger partial charge in [-0.2, -0.15) is 0 Å². The molecule has 0 aliphatic heterocycles. The SMILES string of the molecule is C#CCNC(=O)c1ccc(NCCc2cc(C)cc(C)c2)nc1. The van der Waals surface area contributed by atoms with Gasteiger partial charge in [0, 0.05) is 12.7 Å². The summed E-state index contributed by atoms with van der Waals surface area (Å²) in [5, 5.41) is 5.87. The lowest BCUT2D eigenvalue weighted by Gasteiger charge is -2.08. The van der Waals surface area contributed by atoms with Crippen molar-refractivity contribution in [3.05, 3.63) is 58.8 Å². The summed E-state index contributed by atoms with van der Waals surface area (Å²) in [6.07, 6.45) is 7.58. The number of pyridine rings is 1. The standard InChI is InChI=1S/C19H21N3O/c1-4-8-21-19(23)17-5-6-18(22-13-17)20-9-7-16-11-14(2)10-15(3)12-16/h1,5-6,10-13H,7-9H2,2-3H3,(H,20,22)(H,21,23). The lowest BCUT2D eigenvalue weighted by molar-refractivity contribution is 0.0958. The van der Waals surface area contributed by atoms with Crippen LogP contribution >= 0.6 is 0 Å². The van der Waals surface area contributed by atoms with Gasteiger partial charge in [0.2, 0.25) is 0 Å². The second-order valence-electron chi connectivity index (χ2n) is 5.49. The zero-order valence-corrected chi connectivity index (χ0v) is 13.5. The van der Waals surface area contributed by atoms with E-state index in [9.17, 15) is 4.79 Å². The minimum Gasteiger partial charge on any atom is -0.370 e. The van der Waals surface area contributed by atoms with Gasteiger partial charge in [-0.25, -0.2) is 4.98 Å². The zero-order chi connectivity index (χ0) is 16.7. The Morgan fingerprint density at radius 3 is 2.57 bits per heavy atom. The highest BCUT2D eigenvalue weighted by Gasteiger charge is 2.04. The van der Waals surface area contributed by atoms with Gasteiger partial charge in [-0.1, -0.05) is 35.2 Å². The van der Waals surface area contributed by atoms with E-state index in [1.807, 2.05) is 0 Å². The lowest BCUT2D eigenvalue weighted by atomic mass is 10.1. The number of hydrogen-bond acceptors (Lipinski definition) is 3. The molecule has 4 heteroatoms. The second-order valence-corrected chi connectivity index (χ2v) is 5.49. The zero-order valence-electron chi connectivity index (χ0n) is 13.5. The molecule has 0 bridgehead atoms. The molecule has 0 fully saturated rings. The molecule has 2 N–H and O–H groups in total. The number of carbonyl (C=O) groups excluding carboxylic acids is 1. The number of rotatable bonds is 6. The van der Waals surface area contributed by atoms with E-state index < -0.39 is 0 Å². The first-order valence-electron chi connectivity index (χ1n) is 7.57. The van der Waals surface area contributed by atoms with Crippen LogP contribution in [0.1, 0.15) is 27.0 Å². The number of amides is 1. The van der Waals surface area contributed by atoms with Crippen LogP contribution in [0.2, 0.25) is 0 Å². The van der Waals surface area contributed by atoms with Crippen LogP contribution in [0, 0.1) is 26.2 Å². The molecule has 0 unspecified atom stereocenters. The summed E-state index contributed by atoms with van der Waals surface area (Å²) >= 11 is 0. The normalized spacial score (nSPS) is 9.96. The van der Waals surface area contributed by atoms with Gasteiger partial charge in [0.05, 0.1) is 12.1 Å². The predicted molar refractivity (Wildman–Crippen MR) is 93.5 cm³/mol. The Kier molecular flexibility index (Phi) is 5.76. The number of terminal acetylenes is 1. The molecule has 4 nitrogen and oxygen atoms in total. The monoisotopic (exact) mass is 307 g/mol. The maximum Gasteiger partial charge on any atom is 0.253 e. The number of hydrogen-bond donors (Lipinski definition) is 2. The largest absolute Gasteiger partial charge is 0.370 e. The summed E-state index contributed by atoms with van der Waals surface area (Å²) in [4.78, 5) is 16.0. The van der Waals surface area contributed by atoms with Crippen molar-refractivity contribution in [1.29, 1.82) is 0 Å². The predicted octanol–water partition coefficient (Wildman–Crippen LogP) is 2.72. The van der Waals surface area contributed by atoms with E-state index in [2.05, 4.69) is 53.6 Å². The Balaban J connectivity index is 1.86. The van der Waals surface area contributed by atoms with Crippen LogP contribution in [-0.4, -0.2) is 24.0 Å². The van der Waals surface area contributed by atoms with Crippen LogP contribution in [-0.2, 0) is 6.42 Å². The van der Waals surface area contributed by atoms with Gasteiger partial charge in [-0.15, -0.1) is 6.42 Å². The number of carbonyl (C=O) groups is 1. The molecule has 2 rings (SSSR count). The average Bonchev–Trinajstić information content (AvgIpc) is 2.52. The van der Waals surface area contributed by atoms with Crippen LogP contribution in [0.5, 0.6) is 0 Å². The van der Waals surface area contributed by atoms with E-state index in [0.29, 0.717) is 5.56 Å². The van der Waals surface area contributed by atoms with E-state index in [0.717, 1.165) is 18.8 Å². The van der Waals surface area contributed by atoms with E-state index in [1.165, 1.54) is 16.7 Å². The second kappa shape index (κ2) is 8.00. The molecule has 0 atom stereocenters. The van der Waals surface area contributed by atoms with E-state index in [1.54, 1.807) is 18.3 Å². The molecule has 118 valence electrons. The first-order valence-corrected chi connectivity index (χ1v) is 7.57. The molecular formula is C19H21N3O. The highest BCUT2D eigenvalue weighted by Crippen LogP contribution is 2.10. The van der Waals surface area contributed by atoms with Gasteiger partial charge in [0.1, 0.15) is 5.82 Å². The first kappa shape index (κ1) is 16.6. The summed E-state index contributed by atoms with van der Waals surface area (Å²) in [5.74, 6) is 2.91. The molecule has 0 aliphatic rings. The van der Waals surface area contributed by atoms with Crippen LogP contribution in [0.3, 0.4) is 0 Å². The first-order chi connectivity index (χ1) is 11.1. The van der Waals surface area contributed by atoms with Crippen molar-refractivity contribution >= 4 is 11.7 Å². The Morgan fingerprint density at radius 2 is 1.96 bits per heavy atom. The highest BCUT2D eigenvalue weighted by molar-refractivity contribution is 5.94. The Labute approximate surface area is 137 Å². The van der Waals surface area contributed by atoms with Crippen LogP contribution in [0.25, 0.3) is 0 Å². The maximum atomic E-state index is 11.7. The molecule has 1 aromatic carbocycles. The minimum absolute atomic E-state index is 0.211. The number of nitrogens with zero attached hydrogens (tertiary/aromatic N) is 1. The third-order valence-electron chi connectivity index (χ3n) is 3.38. The van der Waals surface area contributed by atoms with Crippen LogP contribution in [0.15, 0.2) is 36.5 Å². The summed E-state index contributed by atoms with van der Waals surface area (Å²) in [6, 6.07) is 10.1. The van der Waals surface area contributed by atoms with Gasteiger partial charge >= 0.3 is 0 Å². The van der Waals surface area contributed by atoms with Crippen molar-refractivity contribution in [3.63, 3.8) is 0 Å². The molecule has 2 aromatic rings. The Morgan fingerprint density at radius 1 is 1.22 bits per heavy atom. The number of nitrogens with one attached hydrogen (secondary N) is 2. The van der Waals surface area contributed by atoms with Crippen molar-refractivity contribution < 1.29 is 4.79 Å². The fourth-order valence-electron chi connectivity index (χ4n) is 2.41. The summed E-state index contributed by atoms with van der Waals surface area (Å²) in [6.45, 7) is 5.22. The topological polar surface area (TPSA) is 54.0 Å². The summed E-state index contributed by atoms with van der Waals surface area (Å²) in [5.41, 5.74) is 4.36. The maximum absolute atomic E-state index is 11.7. The fourth-order valence-corrected chi connectivity index (χ4v) is 2.41. The van der Waals surface area contributed by atoms with Gasteiger partial charge < -0.3 is 10.6 Å². The molecule has 1 heterocycles. The molecule has 0 aliphatic carbocycles. The van der Waals surface area contributed by atoms with Gasteiger partial charge in [-0.05, 0) is 38.0 Å². The van der Waals surface area contributed by atoms with Crippen molar-refractivity contribution in [1.82, 2.24) is 10.3 Å². The lowest BCUT2D eigenvalue weighted by Crippen LogP contribution is -2.23. The van der Waals surface area contributed by atoms with Crippen LogP contribution < -0.4 is 10.6 Å². The molecule has 0 saturated carbocycles. The molecule has 0 saturated heterocycles. The van der Waals surface area contributed by atoms with Crippen molar-refractivity contribution in [2.75, 3.05) is 18.4 Å². The molecule has 23 heavy (non-hydrogen) atoms. The molecular weight excluding hydrogens is 286 g/mol. The van der Waals surface area contributed by atoms with E-state index >= 15 is 0 Å². The number of aromatic nitrogens is 1. The smallest absolute Gasteiger partial charge is 0.253 e. The van der Waals surface area contributed by atoms with Crippen molar-refractivity contribution in [2.24, 2.45) is 0 Å². The quantitative estimate of drug-likeness (QED) is 0.807. The fraction of sp³-hybridized carbons (Fsp3) is 0.263. The summed E-state index contributed by atoms with van der Waals surface area (Å²) < 4.78 is 0. The number of benzene rings is 1. The number of anilines is 1. The van der Waals surface area contributed by atoms with Crippen molar-refractivity contribution in [2.45, 2.75) is 20.3 Å². The average molecular weight is 307 g/mol. The van der Waals surface area contributed by atoms with Gasteiger partial charge in [-0.3, -0.25) is 4.79 Å². The van der Waals surface area contributed by atoms with Gasteiger partial charge in [0.25, 0.3) is 5.91 Å². The molecule has 1 aromatic heterocycles. The number of aryl methyl sites for hydroxylation is 2. The molecule has 0 spiro atoms.